The van der Waals surface area contributed by atoms with E-state index in [0.717, 1.165) is 32.1 Å². The van der Waals surface area contributed by atoms with Crippen molar-refractivity contribution in [1.82, 2.24) is 0 Å². The Morgan fingerprint density at radius 2 is 1.71 bits per heavy atom. The molecule has 0 aromatic rings. The molecule has 0 heterocycles. The van der Waals surface area contributed by atoms with Crippen LogP contribution in [0.1, 0.15) is 85.0 Å². The van der Waals surface area contributed by atoms with Gasteiger partial charge in [0.25, 0.3) is 0 Å². The molecular weight excluding hydrogens is 350 g/mol. The molecule has 10 atom stereocenters. The van der Waals surface area contributed by atoms with Crippen LogP contribution >= 0.6 is 0 Å². The van der Waals surface area contributed by atoms with Gasteiger partial charge in [0.05, 0.1) is 12.2 Å². The fraction of sp³-hybridized carbons (Fsp3) is 0.958. The van der Waals surface area contributed by atoms with E-state index in [2.05, 4.69) is 20.8 Å². The first-order valence-electron chi connectivity index (χ1n) is 11.8. The van der Waals surface area contributed by atoms with E-state index in [4.69, 9.17) is 5.73 Å². The van der Waals surface area contributed by atoms with Crippen LogP contribution in [-0.2, 0) is 4.79 Å². The highest BCUT2D eigenvalue weighted by molar-refractivity contribution is 5.73. The third-order valence-corrected chi connectivity index (χ3v) is 10.3. The lowest BCUT2D eigenvalue weighted by molar-refractivity contribution is -0.174. The summed E-state index contributed by atoms with van der Waals surface area (Å²) in [6.07, 6.45) is 9.75. The Bertz CT molecular complexity index is 609. The minimum Gasteiger partial charge on any atom is -0.393 e. The molecule has 0 bridgehead atoms. The summed E-state index contributed by atoms with van der Waals surface area (Å²) in [7, 11) is 0. The van der Waals surface area contributed by atoms with Gasteiger partial charge in [-0.05, 0) is 104 Å². The Morgan fingerprint density at radius 3 is 2.43 bits per heavy atom. The van der Waals surface area contributed by atoms with Gasteiger partial charge in [-0.1, -0.05) is 20.8 Å². The van der Waals surface area contributed by atoms with Crippen LogP contribution in [0.15, 0.2) is 0 Å². The van der Waals surface area contributed by atoms with Gasteiger partial charge in [-0.15, -0.1) is 0 Å². The minimum absolute atomic E-state index is 0.169. The van der Waals surface area contributed by atoms with Crippen LogP contribution in [0.5, 0.6) is 0 Å². The molecule has 28 heavy (non-hydrogen) atoms. The van der Waals surface area contributed by atoms with Crippen LogP contribution in [0.25, 0.3) is 0 Å². The molecule has 0 aromatic heterocycles. The molecule has 4 N–H and O–H groups in total. The summed E-state index contributed by atoms with van der Waals surface area (Å²) in [5, 5.41) is 21.5. The van der Waals surface area contributed by atoms with E-state index >= 15 is 0 Å². The Kier molecular flexibility index (Phi) is 5.36. The second-order valence-corrected chi connectivity index (χ2v) is 11.4. The van der Waals surface area contributed by atoms with E-state index in [1.54, 1.807) is 0 Å². The van der Waals surface area contributed by atoms with E-state index in [-0.39, 0.29) is 23.5 Å². The largest absolute Gasteiger partial charge is 0.393 e. The Hall–Kier alpha value is -0.610. The molecule has 160 valence electrons. The van der Waals surface area contributed by atoms with Crippen LogP contribution in [0, 0.1) is 46.3 Å². The van der Waals surface area contributed by atoms with E-state index in [0.29, 0.717) is 47.3 Å². The second-order valence-electron chi connectivity index (χ2n) is 11.4. The number of rotatable bonds is 4. The number of fused-ring (bicyclic) bond motifs is 5. The van der Waals surface area contributed by atoms with Crippen molar-refractivity contribution in [3.8, 4) is 0 Å². The smallest absolute Gasteiger partial charge is 0.217 e. The van der Waals surface area contributed by atoms with Crippen LogP contribution in [0.4, 0.5) is 0 Å². The fourth-order valence-electron chi connectivity index (χ4n) is 8.75. The number of aliphatic hydroxyl groups excluding tert-OH is 2. The molecule has 4 nitrogen and oxygen atoms in total. The van der Waals surface area contributed by atoms with Crippen LogP contribution < -0.4 is 5.73 Å². The third-order valence-electron chi connectivity index (χ3n) is 10.3. The average Bonchev–Trinajstić information content (AvgIpc) is 2.98. The van der Waals surface area contributed by atoms with Gasteiger partial charge in [0.2, 0.25) is 5.91 Å². The van der Waals surface area contributed by atoms with Gasteiger partial charge in [-0.2, -0.15) is 0 Å². The van der Waals surface area contributed by atoms with Crippen molar-refractivity contribution in [2.45, 2.75) is 97.2 Å². The van der Waals surface area contributed by atoms with E-state index < -0.39 is 0 Å². The summed E-state index contributed by atoms with van der Waals surface area (Å²) in [4.78, 5) is 11.3. The van der Waals surface area contributed by atoms with Gasteiger partial charge in [-0.3, -0.25) is 4.79 Å². The quantitative estimate of drug-likeness (QED) is 0.680. The first-order chi connectivity index (χ1) is 13.2. The maximum atomic E-state index is 11.3. The van der Waals surface area contributed by atoms with E-state index in [1.165, 1.54) is 25.7 Å². The molecule has 4 aliphatic carbocycles. The zero-order chi connectivity index (χ0) is 20.3. The minimum atomic E-state index is -0.210. The summed E-state index contributed by atoms with van der Waals surface area (Å²) < 4.78 is 0. The number of carbonyl (C=O) groups is 1. The first kappa shape index (κ1) is 20.7. The van der Waals surface area contributed by atoms with Gasteiger partial charge in [-0.25, -0.2) is 0 Å². The van der Waals surface area contributed by atoms with Gasteiger partial charge >= 0.3 is 0 Å². The molecule has 1 amide bonds. The first-order valence-corrected chi connectivity index (χ1v) is 11.8. The van der Waals surface area contributed by atoms with E-state index in [1.807, 2.05) is 0 Å². The number of aliphatic hydroxyl groups is 2. The molecule has 4 saturated carbocycles. The highest BCUT2D eigenvalue weighted by Crippen LogP contribution is 2.68. The number of primary amides is 1. The lowest BCUT2D eigenvalue weighted by atomic mass is 9.43. The van der Waals surface area contributed by atoms with Gasteiger partial charge in [0, 0.05) is 6.42 Å². The second kappa shape index (κ2) is 7.27. The van der Waals surface area contributed by atoms with Crippen molar-refractivity contribution in [3.63, 3.8) is 0 Å². The number of hydrogen-bond donors (Lipinski definition) is 3. The number of hydrogen-bond acceptors (Lipinski definition) is 3. The topological polar surface area (TPSA) is 83.6 Å². The maximum Gasteiger partial charge on any atom is 0.217 e. The Labute approximate surface area is 170 Å². The maximum absolute atomic E-state index is 11.3. The molecule has 4 aliphatic rings. The van der Waals surface area contributed by atoms with Crippen molar-refractivity contribution in [1.29, 1.82) is 0 Å². The van der Waals surface area contributed by atoms with Crippen LogP contribution in [0.3, 0.4) is 0 Å². The van der Waals surface area contributed by atoms with Crippen molar-refractivity contribution in [3.05, 3.63) is 0 Å². The summed E-state index contributed by atoms with van der Waals surface area (Å²) >= 11 is 0. The molecule has 0 aromatic carbocycles. The lowest BCUT2D eigenvalue weighted by Crippen LogP contribution is -2.58. The molecule has 4 fully saturated rings. The Balaban J connectivity index is 1.55. The van der Waals surface area contributed by atoms with Crippen LogP contribution in [-0.4, -0.2) is 28.3 Å². The van der Waals surface area contributed by atoms with Crippen molar-refractivity contribution >= 4 is 5.91 Å². The SMILES string of the molecule is C[C@H](CCC(N)=O)C1CCC2C3C(CC[C@@]21C)[C@@]1(C)CC[C@@H](O)CC1C[C@H]3O. The standard InChI is InChI=1S/C24H41NO3/c1-14(4-7-21(25)28)17-5-6-18-22-19(9-11-24(17,18)3)23(2)10-8-16(26)12-15(23)13-20(22)27/h14-20,22,26-27H,4-13H2,1-3H3,(H2,25,28)/t14-,15?,16-,17?,18?,19?,20-,22?,23+,24-/m1/s1. The Morgan fingerprint density at radius 1 is 1.04 bits per heavy atom. The molecule has 0 spiro atoms. The summed E-state index contributed by atoms with van der Waals surface area (Å²) in [6.45, 7) is 7.26. The normalized spacial score (nSPS) is 51.7. The van der Waals surface area contributed by atoms with Crippen LogP contribution in [0.2, 0.25) is 0 Å². The predicted molar refractivity (Wildman–Crippen MR) is 110 cm³/mol. The lowest BCUT2D eigenvalue weighted by Gasteiger charge is -2.62. The van der Waals surface area contributed by atoms with Crippen molar-refractivity contribution in [2.75, 3.05) is 0 Å². The summed E-state index contributed by atoms with van der Waals surface area (Å²) in [5.74, 6) is 3.08. The highest BCUT2D eigenvalue weighted by atomic mass is 16.3. The number of amides is 1. The van der Waals surface area contributed by atoms with Gasteiger partial charge in [0.15, 0.2) is 0 Å². The average molecular weight is 392 g/mol. The van der Waals surface area contributed by atoms with Crippen molar-refractivity contribution < 1.29 is 15.0 Å². The van der Waals surface area contributed by atoms with Gasteiger partial charge in [0.1, 0.15) is 0 Å². The molecule has 5 unspecified atom stereocenters. The zero-order valence-corrected chi connectivity index (χ0v) is 18.1. The molecule has 4 rings (SSSR count). The van der Waals surface area contributed by atoms with E-state index in [9.17, 15) is 15.0 Å². The highest BCUT2D eigenvalue weighted by Gasteiger charge is 2.62. The summed E-state index contributed by atoms with van der Waals surface area (Å²) in [5.41, 5.74) is 5.99. The molecule has 0 aliphatic heterocycles. The third kappa shape index (κ3) is 3.14. The number of carbonyl (C=O) groups excluding carboxylic acids is 1. The van der Waals surface area contributed by atoms with Crippen molar-refractivity contribution in [2.24, 2.45) is 52.1 Å². The summed E-state index contributed by atoms with van der Waals surface area (Å²) in [6, 6.07) is 0. The fourth-order valence-corrected chi connectivity index (χ4v) is 8.75. The molecular formula is C24H41NO3. The predicted octanol–water partition coefficient (Wildman–Crippen LogP) is 3.88. The molecule has 0 saturated heterocycles. The molecule has 0 radical (unpaired) electrons. The number of nitrogens with two attached hydrogens (primary N) is 1. The molecule has 4 heteroatoms. The van der Waals surface area contributed by atoms with Gasteiger partial charge < -0.3 is 15.9 Å². The monoisotopic (exact) mass is 391 g/mol. The zero-order valence-electron chi connectivity index (χ0n) is 18.1.